The van der Waals surface area contributed by atoms with Crippen molar-refractivity contribution in [3.8, 4) is 5.75 Å². The van der Waals surface area contributed by atoms with E-state index in [4.69, 9.17) is 0 Å². The Balaban J connectivity index is 1.69. The molecule has 2 fully saturated rings. The standard InChI is InChI=1S/C22H32O2/c1-13(2)10-15-11-18-14(12-20(15)23)4-5-17-16(18)8-9-22(3)19(17)6-7-21(22)24/h11-13,16-17,19,21,23-24H,4-10H2,1-3H3/t16-,17+,19-,21+,22-/m1/s1. The molecule has 2 heteroatoms. The van der Waals surface area contributed by atoms with Crippen molar-refractivity contribution in [1.29, 1.82) is 0 Å². The third kappa shape index (κ3) is 2.41. The van der Waals surface area contributed by atoms with E-state index in [2.05, 4.69) is 32.9 Å². The maximum atomic E-state index is 10.5. The molecule has 0 aliphatic heterocycles. The van der Waals surface area contributed by atoms with Gasteiger partial charge in [0.05, 0.1) is 6.10 Å². The summed E-state index contributed by atoms with van der Waals surface area (Å²) < 4.78 is 0. The van der Waals surface area contributed by atoms with Crippen LogP contribution in [0.5, 0.6) is 5.75 Å². The van der Waals surface area contributed by atoms with Gasteiger partial charge in [-0.1, -0.05) is 26.8 Å². The number of rotatable bonds is 2. The summed E-state index contributed by atoms with van der Waals surface area (Å²) >= 11 is 0. The van der Waals surface area contributed by atoms with Gasteiger partial charge in [0.1, 0.15) is 5.75 Å². The van der Waals surface area contributed by atoms with Crippen LogP contribution in [0.25, 0.3) is 0 Å². The molecule has 1 aromatic carbocycles. The maximum absolute atomic E-state index is 10.5. The molecule has 4 rings (SSSR count). The van der Waals surface area contributed by atoms with Crippen molar-refractivity contribution in [1.82, 2.24) is 0 Å². The average molecular weight is 328 g/mol. The number of hydrogen-bond donors (Lipinski definition) is 2. The van der Waals surface area contributed by atoms with E-state index in [0.29, 0.717) is 23.5 Å². The Kier molecular flexibility index (Phi) is 3.95. The van der Waals surface area contributed by atoms with E-state index in [0.717, 1.165) is 37.2 Å². The van der Waals surface area contributed by atoms with Gasteiger partial charge >= 0.3 is 0 Å². The van der Waals surface area contributed by atoms with Crippen molar-refractivity contribution in [3.05, 3.63) is 28.8 Å². The number of phenolic OH excluding ortho intramolecular Hbond substituents is 1. The predicted molar refractivity (Wildman–Crippen MR) is 97.3 cm³/mol. The Bertz CT molecular complexity index is 635. The molecular weight excluding hydrogens is 296 g/mol. The normalized spacial score (nSPS) is 37.9. The van der Waals surface area contributed by atoms with Gasteiger partial charge in [0.25, 0.3) is 0 Å². The molecule has 3 aliphatic rings. The Hall–Kier alpha value is -1.02. The summed E-state index contributed by atoms with van der Waals surface area (Å²) in [6.07, 6.45) is 7.73. The number of aliphatic hydroxyl groups is 1. The van der Waals surface area contributed by atoms with Gasteiger partial charge in [0, 0.05) is 0 Å². The summed E-state index contributed by atoms with van der Waals surface area (Å²) in [5, 5.41) is 20.9. The third-order valence-corrected chi connectivity index (χ3v) is 7.50. The van der Waals surface area contributed by atoms with E-state index in [1.54, 1.807) is 0 Å². The molecule has 2 N–H and O–H groups in total. The molecule has 0 unspecified atom stereocenters. The summed E-state index contributed by atoms with van der Waals surface area (Å²) in [5.74, 6) is 3.11. The molecular formula is C22H32O2. The van der Waals surface area contributed by atoms with E-state index in [-0.39, 0.29) is 11.5 Å². The van der Waals surface area contributed by atoms with Crippen molar-refractivity contribution in [2.75, 3.05) is 0 Å². The van der Waals surface area contributed by atoms with Gasteiger partial charge in [-0.2, -0.15) is 0 Å². The fraction of sp³-hybridized carbons (Fsp3) is 0.727. The molecule has 132 valence electrons. The van der Waals surface area contributed by atoms with E-state index in [1.807, 2.05) is 0 Å². The number of fused-ring (bicyclic) bond motifs is 5. The average Bonchev–Trinajstić information content (AvgIpc) is 2.83. The largest absolute Gasteiger partial charge is 0.508 e. The first kappa shape index (κ1) is 16.4. The Morgan fingerprint density at radius 3 is 2.71 bits per heavy atom. The van der Waals surface area contributed by atoms with E-state index >= 15 is 0 Å². The third-order valence-electron chi connectivity index (χ3n) is 7.50. The number of aromatic hydroxyl groups is 1. The lowest BCUT2D eigenvalue weighted by Gasteiger charge is -2.50. The lowest BCUT2D eigenvalue weighted by Crippen LogP contribution is -2.43. The van der Waals surface area contributed by atoms with Crippen LogP contribution in [0.2, 0.25) is 0 Å². The monoisotopic (exact) mass is 328 g/mol. The fourth-order valence-corrected chi connectivity index (χ4v) is 6.23. The summed E-state index contributed by atoms with van der Waals surface area (Å²) in [7, 11) is 0. The zero-order chi connectivity index (χ0) is 17.1. The lowest BCUT2D eigenvalue weighted by molar-refractivity contribution is -0.0226. The fourth-order valence-electron chi connectivity index (χ4n) is 6.23. The van der Waals surface area contributed by atoms with Crippen molar-refractivity contribution in [3.63, 3.8) is 0 Å². The first-order valence-electron chi connectivity index (χ1n) is 9.93. The number of aliphatic hydroxyl groups excluding tert-OH is 1. The second-order valence-corrected chi connectivity index (χ2v) is 9.33. The lowest BCUT2D eigenvalue weighted by atomic mass is 9.55. The molecule has 0 heterocycles. The Morgan fingerprint density at radius 1 is 1.17 bits per heavy atom. The molecule has 3 aliphatic carbocycles. The smallest absolute Gasteiger partial charge is 0.119 e. The molecule has 0 saturated heterocycles. The molecule has 24 heavy (non-hydrogen) atoms. The van der Waals surface area contributed by atoms with E-state index in [1.165, 1.54) is 30.4 Å². The van der Waals surface area contributed by atoms with Crippen LogP contribution in [-0.2, 0) is 12.8 Å². The molecule has 0 amide bonds. The second kappa shape index (κ2) is 5.76. The SMILES string of the molecule is CC(C)Cc1cc2c(cc1O)CC[C@@H]1[C@H]3CC[C@H](O)[C@]3(C)CC[C@@H]21. The van der Waals surface area contributed by atoms with Crippen LogP contribution in [0, 0.1) is 23.2 Å². The summed E-state index contributed by atoms with van der Waals surface area (Å²) in [5.41, 5.74) is 4.17. The second-order valence-electron chi connectivity index (χ2n) is 9.33. The Morgan fingerprint density at radius 2 is 1.96 bits per heavy atom. The topological polar surface area (TPSA) is 40.5 Å². The number of aryl methyl sites for hydroxylation is 1. The van der Waals surface area contributed by atoms with Gasteiger partial charge in [0.15, 0.2) is 0 Å². The molecule has 0 spiro atoms. The first-order chi connectivity index (χ1) is 11.4. The summed E-state index contributed by atoms with van der Waals surface area (Å²) in [4.78, 5) is 0. The molecule has 2 nitrogen and oxygen atoms in total. The van der Waals surface area contributed by atoms with Gasteiger partial charge < -0.3 is 10.2 Å². The zero-order valence-electron chi connectivity index (χ0n) is 15.4. The molecule has 0 aromatic heterocycles. The van der Waals surface area contributed by atoms with Crippen LogP contribution in [0.15, 0.2) is 12.1 Å². The highest BCUT2D eigenvalue weighted by Gasteiger charge is 2.54. The molecule has 1 aromatic rings. The van der Waals surface area contributed by atoms with Crippen LogP contribution in [0.4, 0.5) is 0 Å². The minimum absolute atomic E-state index is 0.0961. The maximum Gasteiger partial charge on any atom is 0.119 e. The highest BCUT2D eigenvalue weighted by atomic mass is 16.3. The van der Waals surface area contributed by atoms with Gasteiger partial charge in [-0.15, -0.1) is 0 Å². The van der Waals surface area contributed by atoms with Crippen molar-refractivity contribution >= 4 is 0 Å². The summed E-state index contributed by atoms with van der Waals surface area (Å²) in [6, 6.07) is 4.39. The number of hydrogen-bond acceptors (Lipinski definition) is 2. The van der Waals surface area contributed by atoms with Gasteiger partial charge in [-0.25, -0.2) is 0 Å². The van der Waals surface area contributed by atoms with Gasteiger partial charge in [-0.05, 0) is 96.8 Å². The zero-order valence-corrected chi connectivity index (χ0v) is 15.4. The molecule has 0 bridgehead atoms. The van der Waals surface area contributed by atoms with Gasteiger partial charge in [0.2, 0.25) is 0 Å². The number of phenols is 1. The Labute approximate surface area is 146 Å². The molecule has 5 atom stereocenters. The van der Waals surface area contributed by atoms with E-state index in [9.17, 15) is 10.2 Å². The van der Waals surface area contributed by atoms with Crippen molar-refractivity contribution < 1.29 is 10.2 Å². The van der Waals surface area contributed by atoms with Crippen LogP contribution < -0.4 is 0 Å². The highest BCUT2D eigenvalue weighted by Crippen LogP contribution is 2.61. The quantitative estimate of drug-likeness (QED) is 0.818. The van der Waals surface area contributed by atoms with E-state index < -0.39 is 0 Å². The van der Waals surface area contributed by atoms with Crippen molar-refractivity contribution in [2.45, 2.75) is 77.7 Å². The summed E-state index contributed by atoms with van der Waals surface area (Å²) in [6.45, 7) is 6.77. The minimum Gasteiger partial charge on any atom is -0.508 e. The van der Waals surface area contributed by atoms with Crippen LogP contribution in [-0.4, -0.2) is 16.3 Å². The van der Waals surface area contributed by atoms with Crippen LogP contribution in [0.3, 0.4) is 0 Å². The molecule has 2 saturated carbocycles. The van der Waals surface area contributed by atoms with Crippen molar-refractivity contribution in [2.24, 2.45) is 23.2 Å². The highest BCUT2D eigenvalue weighted by molar-refractivity contribution is 5.45. The van der Waals surface area contributed by atoms with Crippen LogP contribution >= 0.6 is 0 Å². The minimum atomic E-state index is -0.0961. The predicted octanol–water partition coefficient (Wildman–Crippen LogP) is 4.81. The first-order valence-corrected chi connectivity index (χ1v) is 9.93. The van der Waals surface area contributed by atoms with Gasteiger partial charge in [-0.3, -0.25) is 0 Å². The molecule has 0 radical (unpaired) electrons. The van der Waals surface area contributed by atoms with Crippen LogP contribution in [0.1, 0.15) is 75.5 Å². The number of benzene rings is 1.